The van der Waals surface area contributed by atoms with Gasteiger partial charge in [-0.3, -0.25) is 0 Å². The topological polar surface area (TPSA) is 135 Å². The highest BCUT2D eigenvalue weighted by Gasteiger charge is 2.21. The number of aromatic nitrogens is 2. The minimum atomic E-state index is -1.26. The van der Waals surface area contributed by atoms with Gasteiger partial charge < -0.3 is 28.3 Å². The number of oxazole rings is 1. The average molecular weight is 472 g/mol. The summed E-state index contributed by atoms with van der Waals surface area (Å²) in [4.78, 5) is 22.1. The number of ether oxygens (including phenoxy) is 2. The van der Waals surface area contributed by atoms with Crippen LogP contribution in [0.4, 0.5) is 5.69 Å². The molecule has 10 heteroatoms. The first kappa shape index (κ1) is 22.2. The molecule has 1 aliphatic heterocycles. The summed E-state index contributed by atoms with van der Waals surface area (Å²) >= 11 is 0. The minimum Gasteiger partial charge on any atom is -0.475 e. The number of nitrogens with zero attached hydrogens (tertiary/aromatic N) is 4. The van der Waals surface area contributed by atoms with Gasteiger partial charge in [-0.15, -0.1) is 0 Å². The van der Waals surface area contributed by atoms with Crippen molar-refractivity contribution in [1.82, 2.24) is 9.97 Å². The number of pyridine rings is 1. The van der Waals surface area contributed by atoms with Crippen molar-refractivity contribution in [1.29, 1.82) is 5.26 Å². The lowest BCUT2D eigenvalue weighted by Crippen LogP contribution is -2.36. The standard InChI is InChI=1S/C25H20N4O6/c26-12-20-19(17-5-8-33-13-17)11-21(16-1-3-18(4-2-16)29-6-9-32-10-7-29)28-24(20)34-14-22-23(25(30)31)35-15-27-22/h1-5,8,11,13,15H,6-7,9-10,14H2,(H,30,31). The number of nitriles is 1. The molecule has 4 aromatic rings. The first-order valence-electron chi connectivity index (χ1n) is 10.8. The van der Waals surface area contributed by atoms with Crippen molar-refractivity contribution >= 4 is 11.7 Å². The minimum absolute atomic E-state index is 0.0535. The van der Waals surface area contributed by atoms with Gasteiger partial charge in [-0.1, -0.05) is 12.1 Å². The van der Waals surface area contributed by atoms with Gasteiger partial charge in [-0.25, -0.2) is 14.8 Å². The van der Waals surface area contributed by atoms with Crippen molar-refractivity contribution < 1.29 is 28.2 Å². The monoisotopic (exact) mass is 472 g/mol. The van der Waals surface area contributed by atoms with Crippen LogP contribution in [-0.4, -0.2) is 47.3 Å². The zero-order valence-electron chi connectivity index (χ0n) is 18.5. The summed E-state index contributed by atoms with van der Waals surface area (Å²) in [6.45, 7) is 2.82. The summed E-state index contributed by atoms with van der Waals surface area (Å²) in [6.07, 6.45) is 4.08. The molecule has 4 heterocycles. The molecule has 5 rings (SSSR count). The van der Waals surface area contributed by atoms with E-state index in [-0.39, 0.29) is 29.5 Å². The maximum atomic E-state index is 11.3. The van der Waals surface area contributed by atoms with E-state index >= 15 is 0 Å². The van der Waals surface area contributed by atoms with Crippen molar-refractivity contribution in [3.05, 3.63) is 72.3 Å². The molecule has 0 unspecified atom stereocenters. The Balaban J connectivity index is 1.51. The number of benzene rings is 1. The summed E-state index contributed by atoms with van der Waals surface area (Å²) in [5.41, 5.74) is 4.05. The molecule has 176 valence electrons. The number of carbonyl (C=O) groups is 1. The Kier molecular flexibility index (Phi) is 6.15. The molecule has 1 aromatic carbocycles. The molecule has 0 saturated carbocycles. The molecule has 1 aliphatic rings. The van der Waals surface area contributed by atoms with E-state index < -0.39 is 5.97 Å². The Hall–Kier alpha value is -4.62. The van der Waals surface area contributed by atoms with Crippen LogP contribution < -0.4 is 9.64 Å². The molecule has 1 N–H and O–H groups in total. The van der Waals surface area contributed by atoms with Crippen LogP contribution in [0.1, 0.15) is 21.8 Å². The van der Waals surface area contributed by atoms with Crippen molar-refractivity contribution in [3.8, 4) is 34.3 Å². The van der Waals surface area contributed by atoms with E-state index in [0.29, 0.717) is 30.0 Å². The van der Waals surface area contributed by atoms with E-state index in [2.05, 4.69) is 20.9 Å². The van der Waals surface area contributed by atoms with Crippen LogP contribution in [0.5, 0.6) is 5.88 Å². The van der Waals surface area contributed by atoms with Crippen LogP contribution in [0.2, 0.25) is 0 Å². The molecule has 0 radical (unpaired) electrons. The summed E-state index contributed by atoms with van der Waals surface area (Å²) < 4.78 is 21.4. The number of hydrogen-bond donors (Lipinski definition) is 1. The van der Waals surface area contributed by atoms with Crippen LogP contribution in [0, 0.1) is 11.3 Å². The van der Waals surface area contributed by atoms with E-state index in [4.69, 9.17) is 18.3 Å². The number of furan rings is 1. The molecule has 35 heavy (non-hydrogen) atoms. The van der Waals surface area contributed by atoms with Crippen molar-refractivity contribution in [2.24, 2.45) is 0 Å². The van der Waals surface area contributed by atoms with E-state index in [1.54, 1.807) is 12.1 Å². The van der Waals surface area contributed by atoms with Crippen molar-refractivity contribution in [2.75, 3.05) is 31.2 Å². The van der Waals surface area contributed by atoms with Gasteiger partial charge in [0.1, 0.15) is 23.9 Å². The van der Waals surface area contributed by atoms with Gasteiger partial charge in [-0.05, 0) is 24.3 Å². The maximum Gasteiger partial charge on any atom is 0.373 e. The van der Waals surface area contributed by atoms with Gasteiger partial charge in [-0.2, -0.15) is 5.26 Å². The van der Waals surface area contributed by atoms with E-state index in [1.165, 1.54) is 12.5 Å². The van der Waals surface area contributed by atoms with Crippen molar-refractivity contribution in [2.45, 2.75) is 6.61 Å². The third kappa shape index (κ3) is 4.58. The third-order valence-corrected chi connectivity index (χ3v) is 5.65. The number of hydrogen-bond acceptors (Lipinski definition) is 9. The maximum absolute atomic E-state index is 11.3. The fraction of sp³-hybridized carbons (Fsp3) is 0.200. The highest BCUT2D eigenvalue weighted by molar-refractivity contribution is 5.85. The average Bonchev–Trinajstić information content (AvgIpc) is 3.60. The molecule has 1 fully saturated rings. The Bertz CT molecular complexity index is 1370. The highest BCUT2D eigenvalue weighted by atomic mass is 16.5. The normalized spacial score (nSPS) is 13.4. The lowest BCUT2D eigenvalue weighted by molar-refractivity contribution is 0.0658. The van der Waals surface area contributed by atoms with Crippen LogP contribution in [0.25, 0.3) is 22.4 Å². The Labute approximate surface area is 200 Å². The number of morpholine rings is 1. The number of anilines is 1. The fourth-order valence-corrected chi connectivity index (χ4v) is 3.87. The summed E-state index contributed by atoms with van der Waals surface area (Å²) in [5, 5.41) is 19.1. The summed E-state index contributed by atoms with van der Waals surface area (Å²) in [7, 11) is 0. The number of carboxylic acids is 1. The van der Waals surface area contributed by atoms with E-state index in [9.17, 15) is 15.2 Å². The van der Waals surface area contributed by atoms with Gasteiger partial charge in [0.15, 0.2) is 6.39 Å². The number of rotatable bonds is 7. The zero-order chi connectivity index (χ0) is 24.2. The predicted octanol–water partition coefficient (Wildman–Crippen LogP) is 3.98. The Morgan fingerprint density at radius 3 is 2.66 bits per heavy atom. The van der Waals surface area contributed by atoms with Crippen LogP contribution in [-0.2, 0) is 11.3 Å². The van der Waals surface area contributed by atoms with Crippen LogP contribution in [0.15, 0.2) is 64.2 Å². The Morgan fingerprint density at radius 2 is 1.97 bits per heavy atom. The number of carboxylic acid groups (broad SMARTS) is 1. The molecule has 0 atom stereocenters. The molecule has 0 amide bonds. The zero-order valence-corrected chi connectivity index (χ0v) is 18.5. The third-order valence-electron chi connectivity index (χ3n) is 5.65. The van der Waals surface area contributed by atoms with Gasteiger partial charge in [0.25, 0.3) is 0 Å². The second-order valence-corrected chi connectivity index (χ2v) is 7.73. The molecule has 10 nitrogen and oxygen atoms in total. The summed E-state index contributed by atoms with van der Waals surface area (Å²) in [6, 6.07) is 13.7. The highest BCUT2D eigenvalue weighted by Crippen LogP contribution is 2.34. The molecule has 0 aliphatic carbocycles. The van der Waals surface area contributed by atoms with E-state index in [0.717, 1.165) is 30.7 Å². The molecular formula is C25H20N4O6. The SMILES string of the molecule is N#Cc1c(-c2ccoc2)cc(-c2ccc(N3CCOCC3)cc2)nc1OCc1ncoc1C(=O)O. The Morgan fingerprint density at radius 1 is 1.17 bits per heavy atom. The van der Waals surface area contributed by atoms with Gasteiger partial charge in [0.2, 0.25) is 11.6 Å². The molecule has 3 aromatic heterocycles. The van der Waals surface area contributed by atoms with Crippen molar-refractivity contribution in [3.63, 3.8) is 0 Å². The lowest BCUT2D eigenvalue weighted by Gasteiger charge is -2.28. The van der Waals surface area contributed by atoms with Gasteiger partial charge >= 0.3 is 5.97 Å². The van der Waals surface area contributed by atoms with E-state index in [1.807, 2.05) is 24.3 Å². The lowest BCUT2D eigenvalue weighted by atomic mass is 10.0. The molecular weight excluding hydrogens is 452 g/mol. The summed E-state index contributed by atoms with van der Waals surface area (Å²) in [5.74, 6) is -1.53. The number of aromatic carboxylic acids is 1. The van der Waals surface area contributed by atoms with Gasteiger partial charge in [0.05, 0.1) is 31.4 Å². The first-order valence-corrected chi connectivity index (χ1v) is 10.8. The smallest absolute Gasteiger partial charge is 0.373 e. The molecule has 1 saturated heterocycles. The first-order chi connectivity index (χ1) is 17.1. The van der Waals surface area contributed by atoms with Crippen LogP contribution in [0.3, 0.4) is 0 Å². The quantitative estimate of drug-likeness (QED) is 0.421. The second kappa shape index (κ2) is 9.70. The molecule has 0 spiro atoms. The predicted molar refractivity (Wildman–Crippen MR) is 123 cm³/mol. The van der Waals surface area contributed by atoms with Crippen LogP contribution >= 0.6 is 0 Å². The van der Waals surface area contributed by atoms with Gasteiger partial charge in [0, 0.05) is 35.5 Å². The largest absolute Gasteiger partial charge is 0.475 e. The fourth-order valence-electron chi connectivity index (χ4n) is 3.87. The molecule has 0 bridgehead atoms. The second-order valence-electron chi connectivity index (χ2n) is 7.73.